The number of thioether (sulfide) groups is 1. The van der Waals surface area contributed by atoms with Gasteiger partial charge in [0.15, 0.2) is 18.1 Å². The number of hydrogen-bond acceptors (Lipinski definition) is 15. The molecule has 1 N–H and O–H groups in total. The molecule has 63 heavy (non-hydrogen) atoms. The molecule has 1 fully saturated rings. The molecule has 20 heteroatoms. The van der Waals surface area contributed by atoms with Gasteiger partial charge in [-0.2, -0.15) is 15.0 Å². The number of carbonyl (C=O) groups is 4. The highest BCUT2D eigenvalue weighted by molar-refractivity contribution is 8.00. The lowest BCUT2D eigenvalue weighted by molar-refractivity contribution is -0.147. The van der Waals surface area contributed by atoms with Crippen LogP contribution in [0.25, 0.3) is 0 Å². The van der Waals surface area contributed by atoms with E-state index in [1.807, 2.05) is 19.9 Å². The molecular weight excluding hydrogens is 863 g/mol. The Bertz CT molecular complexity index is 2110. The van der Waals surface area contributed by atoms with Crippen molar-refractivity contribution >= 4 is 49.6 Å². The molecule has 346 valence electrons. The average molecular weight is 921 g/mol. The summed E-state index contributed by atoms with van der Waals surface area (Å²) in [5, 5.41) is 0.0934. The quantitative estimate of drug-likeness (QED) is 0.0858. The van der Waals surface area contributed by atoms with E-state index in [0.29, 0.717) is 4.90 Å². The van der Waals surface area contributed by atoms with Crippen LogP contribution in [0.15, 0.2) is 77.7 Å². The maximum Gasteiger partial charge on any atom is 0.509 e. The minimum Gasteiger partial charge on any atom is -0.460 e. The van der Waals surface area contributed by atoms with Crippen molar-refractivity contribution in [2.45, 2.75) is 135 Å². The molecule has 0 radical (unpaired) electrons. The first-order valence-corrected chi connectivity index (χ1v) is 22.7. The van der Waals surface area contributed by atoms with E-state index in [9.17, 15) is 28.5 Å². The van der Waals surface area contributed by atoms with Crippen LogP contribution in [0.2, 0.25) is 0 Å². The Hall–Kier alpha value is -4.97. The highest BCUT2D eigenvalue weighted by Crippen LogP contribution is 2.50. The lowest BCUT2D eigenvalue weighted by atomic mass is 10.1. The number of nitrogens with zero attached hydrogens (tertiary/aromatic N) is 3. The van der Waals surface area contributed by atoms with E-state index in [2.05, 4.69) is 10.1 Å². The molecular formula is C43H58FN4O13PS. The van der Waals surface area contributed by atoms with Gasteiger partial charge in [0.2, 0.25) is 0 Å². The summed E-state index contributed by atoms with van der Waals surface area (Å²) in [5.74, 6) is -1.19. The van der Waals surface area contributed by atoms with Crippen LogP contribution in [-0.4, -0.2) is 80.8 Å². The number of halogens is 1. The summed E-state index contributed by atoms with van der Waals surface area (Å²) in [4.78, 5) is 71.1. The van der Waals surface area contributed by atoms with E-state index in [4.69, 9.17) is 32.7 Å². The molecule has 0 saturated carbocycles. The fraction of sp³-hybridized carbons (Fsp3) is 0.535. The van der Waals surface area contributed by atoms with Crippen molar-refractivity contribution in [3.05, 3.63) is 89.0 Å². The summed E-state index contributed by atoms with van der Waals surface area (Å²) in [5.41, 5.74) is -3.52. The van der Waals surface area contributed by atoms with E-state index in [-0.39, 0.29) is 24.7 Å². The van der Waals surface area contributed by atoms with Crippen molar-refractivity contribution in [1.29, 1.82) is 0 Å². The topological polar surface area (TPSA) is 200 Å². The van der Waals surface area contributed by atoms with Crippen LogP contribution < -0.4 is 20.2 Å². The molecule has 1 unspecified atom stereocenters. The third-order valence-electron chi connectivity index (χ3n) is 8.27. The van der Waals surface area contributed by atoms with Crippen molar-refractivity contribution in [2.75, 3.05) is 11.5 Å². The second-order valence-electron chi connectivity index (χ2n) is 17.9. The van der Waals surface area contributed by atoms with Gasteiger partial charge < -0.3 is 28.2 Å². The predicted octanol–water partition coefficient (Wildman–Crippen LogP) is 9.14. The normalized spacial score (nSPS) is 19.3. The van der Waals surface area contributed by atoms with E-state index in [1.54, 1.807) is 105 Å². The summed E-state index contributed by atoms with van der Waals surface area (Å²) in [6.45, 7) is 17.2. The Morgan fingerprint density at radius 1 is 0.857 bits per heavy atom. The first-order valence-electron chi connectivity index (χ1n) is 20.2. The Labute approximate surface area is 371 Å². The second kappa shape index (κ2) is 21.1. The lowest BCUT2D eigenvalue weighted by Crippen LogP contribution is -2.45. The number of esters is 1. The zero-order chi connectivity index (χ0) is 46.9. The molecule has 1 aliphatic rings. The Morgan fingerprint density at radius 3 is 1.94 bits per heavy atom. The highest BCUT2D eigenvalue weighted by Gasteiger charge is 2.50. The van der Waals surface area contributed by atoms with E-state index >= 15 is 4.39 Å². The van der Waals surface area contributed by atoms with Crippen LogP contribution in [0, 0.1) is 5.92 Å². The minimum atomic E-state index is -4.57. The van der Waals surface area contributed by atoms with Crippen molar-refractivity contribution in [3.63, 3.8) is 0 Å². The largest absolute Gasteiger partial charge is 0.509 e. The summed E-state index contributed by atoms with van der Waals surface area (Å²) in [6, 6.07) is 16.9. The fourth-order valence-electron chi connectivity index (χ4n) is 5.75. The van der Waals surface area contributed by atoms with Gasteiger partial charge in [0.05, 0.1) is 11.9 Å². The first kappa shape index (κ1) is 50.7. The van der Waals surface area contributed by atoms with Gasteiger partial charge in [0.25, 0.3) is 0 Å². The van der Waals surface area contributed by atoms with E-state index in [0.717, 1.165) is 34.2 Å². The maximum atomic E-state index is 16.8. The number of imide groups is 1. The van der Waals surface area contributed by atoms with E-state index in [1.165, 1.54) is 12.1 Å². The number of amides is 2. The first-order chi connectivity index (χ1) is 29.2. The maximum absolute atomic E-state index is 16.8. The summed E-state index contributed by atoms with van der Waals surface area (Å²) in [7, 11) is -4.57. The van der Waals surface area contributed by atoms with Crippen molar-refractivity contribution in [3.8, 4) is 5.75 Å². The second-order valence-corrected chi connectivity index (χ2v) is 21.0. The summed E-state index contributed by atoms with van der Waals surface area (Å²) >= 11 is 0.783. The molecule has 17 nitrogen and oxygen atoms in total. The molecule has 0 spiro atoms. The number of anilines is 1. The number of aromatic nitrogens is 2. The summed E-state index contributed by atoms with van der Waals surface area (Å²) in [6.07, 6.45) is -6.15. The number of para-hydroxylation sites is 1. The van der Waals surface area contributed by atoms with Gasteiger partial charge in [-0.3, -0.25) is 13.9 Å². The molecule has 3 aromatic rings. The van der Waals surface area contributed by atoms with E-state index < -0.39 is 95.9 Å². The van der Waals surface area contributed by atoms with Crippen LogP contribution in [0.5, 0.6) is 5.75 Å². The third-order valence-corrected chi connectivity index (χ3v) is 11.4. The predicted molar refractivity (Wildman–Crippen MR) is 233 cm³/mol. The van der Waals surface area contributed by atoms with Gasteiger partial charge >= 0.3 is 37.7 Å². The molecule has 1 saturated heterocycles. The van der Waals surface area contributed by atoms with Gasteiger partial charge in [-0.1, -0.05) is 62.4 Å². The van der Waals surface area contributed by atoms with Gasteiger partial charge in [-0.15, -0.1) is 11.8 Å². The zero-order valence-electron chi connectivity index (χ0n) is 37.4. The molecule has 2 amide bonds. The van der Waals surface area contributed by atoms with Crippen LogP contribution in [0.1, 0.15) is 93.5 Å². The number of rotatable bonds is 15. The van der Waals surface area contributed by atoms with Crippen LogP contribution in [0.3, 0.4) is 0 Å². The average Bonchev–Trinajstić information content (AvgIpc) is 3.44. The smallest absolute Gasteiger partial charge is 0.460 e. The van der Waals surface area contributed by atoms with Crippen molar-refractivity contribution < 1.29 is 60.9 Å². The Morgan fingerprint density at radius 2 is 1.41 bits per heavy atom. The van der Waals surface area contributed by atoms with Crippen molar-refractivity contribution in [2.24, 2.45) is 5.92 Å². The van der Waals surface area contributed by atoms with Crippen LogP contribution >= 0.6 is 19.5 Å². The number of alkyl halides is 1. The third kappa shape index (κ3) is 16.0. The van der Waals surface area contributed by atoms with Gasteiger partial charge in [0.1, 0.15) is 40.6 Å². The standard InChI is InChI=1S/C43H58FN4O13PS/c1-27(2)24-30(36(49)55-25-28-18-14-12-15-19-28)46-62(54,61-29-20-16-13-17-21-29)56-26-31-34(57-40(53)60-43(9,10)11)33(44)35(63-31)47-23-22-32(45-37(47)50)48(38(51)58-41(3,4)5)39(52)59-42(6,7)8/h12-23,27,30-31,33-35H,24-26H2,1-11H3,(H,46,54)/t30-,31+,33-,34+,35+,62?/m0/s1. The van der Waals surface area contributed by atoms with Crippen LogP contribution in [-0.2, 0) is 44.2 Å². The highest BCUT2D eigenvalue weighted by atomic mass is 32.2. The molecule has 6 atom stereocenters. The number of carbonyl (C=O) groups excluding carboxylic acids is 4. The zero-order valence-corrected chi connectivity index (χ0v) is 39.1. The van der Waals surface area contributed by atoms with Crippen molar-refractivity contribution in [1.82, 2.24) is 14.6 Å². The Balaban J connectivity index is 1.68. The molecule has 2 aromatic carbocycles. The molecule has 0 aliphatic carbocycles. The molecule has 1 aliphatic heterocycles. The number of nitrogens with one attached hydrogen (secondary N) is 1. The lowest BCUT2D eigenvalue weighted by Gasteiger charge is -2.28. The minimum absolute atomic E-state index is 0.0580. The molecule has 2 heterocycles. The number of hydrogen-bond donors (Lipinski definition) is 1. The fourth-order valence-corrected chi connectivity index (χ4v) is 8.84. The SMILES string of the molecule is CC(C)C[C@H](NP(=O)(OC[C@H]1S[C@@H](n2ccc(N(C(=O)OC(C)(C)C)C(=O)OC(C)(C)C)nc2=O)[C@@H](F)[C@@H]1OC(=O)OC(C)(C)C)Oc1ccccc1)C(=O)OCc1ccccc1. The number of ether oxygens (including phenoxy) is 5. The van der Waals surface area contributed by atoms with Gasteiger partial charge in [0, 0.05) is 6.20 Å². The monoisotopic (exact) mass is 920 g/mol. The Kier molecular flexibility index (Phi) is 17.0. The summed E-state index contributed by atoms with van der Waals surface area (Å²) < 4.78 is 71.5. The van der Waals surface area contributed by atoms with Gasteiger partial charge in [-0.05, 0) is 98.4 Å². The van der Waals surface area contributed by atoms with Gasteiger partial charge in [-0.25, -0.2) is 28.1 Å². The molecule has 0 bridgehead atoms. The van der Waals surface area contributed by atoms with Crippen LogP contribution in [0.4, 0.5) is 24.6 Å². The molecule has 4 rings (SSSR count). The molecule has 1 aromatic heterocycles. The number of benzene rings is 2.